The summed E-state index contributed by atoms with van der Waals surface area (Å²) >= 11 is 13.7. The smallest absolute Gasteiger partial charge is 0.131 e. The molecular weight excluding hydrogens is 303 g/mol. The van der Waals surface area contributed by atoms with Gasteiger partial charge >= 0.3 is 0 Å². The van der Waals surface area contributed by atoms with Crippen LogP contribution >= 0.6 is 34.9 Å². The molecule has 2 heterocycles. The summed E-state index contributed by atoms with van der Waals surface area (Å²) in [6.45, 7) is 1.94. The quantitative estimate of drug-likeness (QED) is 0.923. The Hall–Kier alpha value is -0.620. The minimum Gasteiger partial charge on any atom is -0.368 e. The van der Waals surface area contributed by atoms with Gasteiger partial charge in [0.05, 0.1) is 27.5 Å². The lowest BCUT2D eigenvalue weighted by Gasteiger charge is -2.34. The van der Waals surface area contributed by atoms with Crippen molar-refractivity contribution in [3.8, 4) is 0 Å². The van der Waals surface area contributed by atoms with E-state index in [1.165, 1.54) is 11.7 Å². The molecule has 0 amide bonds. The van der Waals surface area contributed by atoms with Gasteiger partial charge in [0.2, 0.25) is 0 Å². The molecule has 1 N–H and O–H groups in total. The highest BCUT2D eigenvalue weighted by atomic mass is 35.5. The molecule has 0 radical (unpaired) electrons. The van der Waals surface area contributed by atoms with Crippen molar-refractivity contribution < 1.29 is 0 Å². The fourth-order valence-electron chi connectivity index (χ4n) is 2.55. The number of benzene rings is 1. The fourth-order valence-corrected chi connectivity index (χ4v) is 3.78. The summed E-state index contributed by atoms with van der Waals surface area (Å²) in [4.78, 5) is 2.29. The topological polar surface area (TPSA) is 41.0 Å². The maximum atomic E-state index is 6.36. The van der Waals surface area contributed by atoms with Crippen LogP contribution < -0.4 is 10.2 Å². The molecule has 19 heavy (non-hydrogen) atoms. The number of rotatable bonds is 2. The zero-order valence-corrected chi connectivity index (χ0v) is 12.8. The van der Waals surface area contributed by atoms with Gasteiger partial charge in [-0.25, -0.2) is 0 Å². The van der Waals surface area contributed by atoms with Gasteiger partial charge in [-0.3, -0.25) is 0 Å². The molecule has 0 aliphatic carbocycles. The zero-order valence-electron chi connectivity index (χ0n) is 10.5. The van der Waals surface area contributed by atoms with Crippen LogP contribution in [0.2, 0.25) is 10.0 Å². The van der Waals surface area contributed by atoms with Gasteiger partial charge in [-0.15, -0.1) is 0 Å². The van der Waals surface area contributed by atoms with Gasteiger partial charge < -0.3 is 10.2 Å². The molecule has 4 nitrogen and oxygen atoms in total. The van der Waals surface area contributed by atoms with Crippen molar-refractivity contribution >= 4 is 51.7 Å². The van der Waals surface area contributed by atoms with E-state index in [0.717, 1.165) is 42.7 Å². The number of nitrogens with zero attached hydrogens (tertiary/aromatic N) is 3. The average Bonchev–Trinajstić information content (AvgIpc) is 2.89. The molecule has 0 saturated carbocycles. The van der Waals surface area contributed by atoms with Gasteiger partial charge in [0, 0.05) is 19.1 Å². The Kier molecular flexibility index (Phi) is 3.80. The van der Waals surface area contributed by atoms with Crippen molar-refractivity contribution in [3.05, 3.63) is 16.1 Å². The predicted molar refractivity (Wildman–Crippen MR) is 81.7 cm³/mol. The number of anilines is 1. The van der Waals surface area contributed by atoms with Crippen molar-refractivity contribution in [3.63, 3.8) is 0 Å². The van der Waals surface area contributed by atoms with E-state index in [1.54, 1.807) is 6.07 Å². The van der Waals surface area contributed by atoms with E-state index in [9.17, 15) is 0 Å². The second kappa shape index (κ2) is 5.40. The van der Waals surface area contributed by atoms with Gasteiger partial charge in [0.1, 0.15) is 11.0 Å². The van der Waals surface area contributed by atoms with E-state index in [1.807, 2.05) is 7.05 Å². The van der Waals surface area contributed by atoms with Gasteiger partial charge in [-0.2, -0.15) is 8.75 Å². The molecule has 2 aromatic rings. The van der Waals surface area contributed by atoms with E-state index < -0.39 is 0 Å². The molecule has 7 heteroatoms. The molecule has 1 aliphatic rings. The highest BCUT2D eigenvalue weighted by Crippen LogP contribution is 2.38. The lowest BCUT2D eigenvalue weighted by Crippen LogP contribution is -2.41. The van der Waals surface area contributed by atoms with Crippen molar-refractivity contribution in [1.29, 1.82) is 0 Å². The van der Waals surface area contributed by atoms with Crippen LogP contribution in [-0.4, -0.2) is 34.9 Å². The molecule has 0 spiro atoms. The summed E-state index contributed by atoms with van der Waals surface area (Å²) in [5.74, 6) is 0. The first-order valence-electron chi connectivity index (χ1n) is 6.23. The molecule has 0 unspecified atom stereocenters. The first-order valence-corrected chi connectivity index (χ1v) is 7.72. The largest absolute Gasteiger partial charge is 0.368 e. The van der Waals surface area contributed by atoms with E-state index in [2.05, 4.69) is 19.0 Å². The summed E-state index contributed by atoms with van der Waals surface area (Å²) in [6, 6.07) is 2.36. The normalized spacial score (nSPS) is 17.3. The predicted octanol–water partition coefficient (Wildman–Crippen LogP) is 3.19. The SMILES string of the molecule is CNC1CCN(c2c(Cl)cc(Cl)c3nsnc23)CC1. The Balaban J connectivity index is 1.99. The first kappa shape index (κ1) is 13.4. The van der Waals surface area contributed by atoms with E-state index in [0.29, 0.717) is 16.1 Å². The van der Waals surface area contributed by atoms with Gasteiger partial charge in [0.15, 0.2) is 0 Å². The van der Waals surface area contributed by atoms with Crippen LogP contribution in [0.3, 0.4) is 0 Å². The van der Waals surface area contributed by atoms with Crippen molar-refractivity contribution in [2.45, 2.75) is 18.9 Å². The summed E-state index contributed by atoms with van der Waals surface area (Å²) in [5, 5.41) is 4.56. The summed E-state index contributed by atoms with van der Waals surface area (Å²) in [7, 11) is 2.01. The minimum absolute atomic E-state index is 0.572. The lowest BCUT2D eigenvalue weighted by molar-refractivity contribution is 0.443. The molecule has 1 aliphatic heterocycles. The summed E-state index contributed by atoms with van der Waals surface area (Å²) < 4.78 is 8.61. The monoisotopic (exact) mass is 316 g/mol. The van der Waals surface area contributed by atoms with Crippen LogP contribution in [0, 0.1) is 0 Å². The molecule has 1 aromatic heterocycles. The lowest BCUT2D eigenvalue weighted by atomic mass is 10.0. The van der Waals surface area contributed by atoms with Crippen LogP contribution in [0.15, 0.2) is 6.07 Å². The Bertz CT molecular complexity index is 593. The molecule has 0 atom stereocenters. The fraction of sp³-hybridized carbons (Fsp3) is 0.500. The van der Waals surface area contributed by atoms with Crippen LogP contribution in [0.4, 0.5) is 5.69 Å². The first-order chi connectivity index (χ1) is 9.20. The van der Waals surface area contributed by atoms with Gasteiger partial charge in [-0.05, 0) is 26.0 Å². The number of aromatic nitrogens is 2. The molecule has 1 fully saturated rings. The van der Waals surface area contributed by atoms with E-state index in [-0.39, 0.29) is 0 Å². The minimum atomic E-state index is 0.572. The Labute approximate surface area is 126 Å². The van der Waals surface area contributed by atoms with Crippen molar-refractivity contribution in [2.75, 3.05) is 25.0 Å². The van der Waals surface area contributed by atoms with Crippen LogP contribution in [0.1, 0.15) is 12.8 Å². The van der Waals surface area contributed by atoms with Gasteiger partial charge in [0.25, 0.3) is 0 Å². The number of halogens is 2. The maximum absolute atomic E-state index is 6.36. The van der Waals surface area contributed by atoms with Crippen LogP contribution in [0.25, 0.3) is 11.0 Å². The maximum Gasteiger partial charge on any atom is 0.131 e. The molecule has 102 valence electrons. The molecular formula is C12H14Cl2N4S. The standard InChI is InChI=1S/C12H14Cl2N4S/c1-15-7-2-4-18(5-3-7)12-9(14)6-8(13)10-11(12)17-19-16-10/h6-7,15H,2-5H2,1H3. The number of hydrogen-bond acceptors (Lipinski definition) is 5. The second-order valence-corrected chi connectivity index (χ2v) is 6.04. The van der Waals surface area contributed by atoms with Crippen molar-refractivity contribution in [1.82, 2.24) is 14.1 Å². The van der Waals surface area contributed by atoms with Crippen LogP contribution in [0.5, 0.6) is 0 Å². The zero-order chi connectivity index (χ0) is 13.4. The number of piperidine rings is 1. The highest BCUT2D eigenvalue weighted by Gasteiger charge is 2.23. The average molecular weight is 317 g/mol. The third-order valence-corrected chi connectivity index (χ3v) is 4.74. The van der Waals surface area contributed by atoms with Crippen molar-refractivity contribution in [2.24, 2.45) is 0 Å². The molecule has 3 rings (SSSR count). The number of hydrogen-bond donors (Lipinski definition) is 1. The molecule has 0 bridgehead atoms. The summed E-state index contributed by atoms with van der Waals surface area (Å²) in [6.07, 6.45) is 2.21. The Morgan fingerprint density at radius 3 is 2.58 bits per heavy atom. The Morgan fingerprint density at radius 1 is 1.21 bits per heavy atom. The second-order valence-electron chi connectivity index (χ2n) is 4.70. The summed E-state index contributed by atoms with van der Waals surface area (Å²) in [5.41, 5.74) is 2.55. The third kappa shape index (κ3) is 2.40. The van der Waals surface area contributed by atoms with E-state index in [4.69, 9.17) is 23.2 Å². The van der Waals surface area contributed by atoms with E-state index >= 15 is 0 Å². The number of fused-ring (bicyclic) bond motifs is 1. The molecule has 1 saturated heterocycles. The molecule has 1 aromatic carbocycles. The van der Waals surface area contributed by atoms with Crippen LogP contribution in [-0.2, 0) is 0 Å². The third-order valence-electron chi connectivity index (χ3n) is 3.64. The Morgan fingerprint density at radius 2 is 1.89 bits per heavy atom. The number of nitrogens with one attached hydrogen (secondary N) is 1. The van der Waals surface area contributed by atoms with Gasteiger partial charge in [-0.1, -0.05) is 23.2 Å². The highest BCUT2D eigenvalue weighted by molar-refractivity contribution is 7.00.